The Morgan fingerprint density at radius 2 is 1.24 bits per heavy atom. The monoisotopic (exact) mass is 448 g/mol. The molecule has 1 heterocycles. The fourth-order valence-electron chi connectivity index (χ4n) is 4.94. The van der Waals surface area contributed by atoms with Crippen molar-refractivity contribution in [3.63, 3.8) is 0 Å². The van der Waals surface area contributed by atoms with Crippen molar-refractivity contribution in [3.8, 4) is 11.1 Å². The first-order chi connectivity index (χ1) is 16.2. The highest BCUT2D eigenvalue weighted by Crippen LogP contribution is 2.36. The fraction of sp³-hybridized carbons (Fsp3) is 0.581. The van der Waals surface area contributed by atoms with Crippen LogP contribution in [0.4, 0.5) is 0 Å². The van der Waals surface area contributed by atoms with Crippen LogP contribution in [-0.4, -0.2) is 5.97 Å². The number of ether oxygens (including phenoxy) is 1. The van der Waals surface area contributed by atoms with E-state index >= 15 is 0 Å². The Kier molecular flexibility index (Phi) is 11.0. The maximum Gasteiger partial charge on any atom is 0.309 e. The maximum atomic E-state index is 12.3. The number of carbonyl (C=O) groups is 1. The van der Waals surface area contributed by atoms with Gasteiger partial charge in [-0.25, -0.2) is 0 Å². The van der Waals surface area contributed by atoms with Crippen LogP contribution in [0.25, 0.3) is 11.1 Å². The molecule has 0 aromatic heterocycles. The van der Waals surface area contributed by atoms with Crippen LogP contribution in [0.1, 0.15) is 115 Å². The number of hydrogen-bond donors (Lipinski definition) is 0. The van der Waals surface area contributed by atoms with Crippen LogP contribution in [0.5, 0.6) is 0 Å². The van der Waals surface area contributed by atoms with E-state index in [2.05, 4.69) is 62.4 Å². The summed E-state index contributed by atoms with van der Waals surface area (Å²) in [6.07, 6.45) is 17.1. The van der Waals surface area contributed by atoms with Gasteiger partial charge in [-0.05, 0) is 41.5 Å². The molecule has 0 aliphatic carbocycles. The standard InChI is InChI=1S/C31H44O2/c1-3-5-7-9-11-13-15-29-24-30(33-31(29)32)28-22-20-27(21-23-28)26-18-16-25(17-19-26)14-12-10-8-6-4-2/h16-23,29-30H,3-15,24H2,1-2H3. The Bertz CT molecular complexity index is 806. The summed E-state index contributed by atoms with van der Waals surface area (Å²) in [5.41, 5.74) is 5.03. The Morgan fingerprint density at radius 1 is 0.697 bits per heavy atom. The topological polar surface area (TPSA) is 26.3 Å². The van der Waals surface area contributed by atoms with E-state index in [1.54, 1.807) is 0 Å². The molecule has 0 bridgehead atoms. The van der Waals surface area contributed by atoms with Crippen LogP contribution in [0.3, 0.4) is 0 Å². The zero-order chi connectivity index (χ0) is 23.3. The summed E-state index contributed by atoms with van der Waals surface area (Å²) in [4.78, 5) is 12.3. The van der Waals surface area contributed by atoms with Gasteiger partial charge in [0.25, 0.3) is 0 Å². The third-order valence-electron chi connectivity index (χ3n) is 7.14. The lowest BCUT2D eigenvalue weighted by atomic mass is 9.94. The van der Waals surface area contributed by atoms with Crippen molar-refractivity contribution in [2.45, 2.75) is 110 Å². The molecule has 0 spiro atoms. The highest BCUT2D eigenvalue weighted by Gasteiger charge is 2.34. The first-order valence-corrected chi connectivity index (χ1v) is 13.6. The quantitative estimate of drug-likeness (QED) is 0.200. The molecule has 0 amide bonds. The lowest BCUT2D eigenvalue weighted by Crippen LogP contribution is -2.06. The lowest BCUT2D eigenvalue weighted by Gasteiger charge is -2.11. The molecule has 2 nitrogen and oxygen atoms in total. The van der Waals surface area contributed by atoms with Crippen LogP contribution in [-0.2, 0) is 16.0 Å². The van der Waals surface area contributed by atoms with Gasteiger partial charge in [0.05, 0.1) is 5.92 Å². The second-order valence-electron chi connectivity index (χ2n) is 9.90. The average molecular weight is 449 g/mol. The first-order valence-electron chi connectivity index (χ1n) is 13.6. The number of carbonyl (C=O) groups excluding carboxylic acids is 1. The van der Waals surface area contributed by atoms with Crippen LogP contribution in [0.2, 0.25) is 0 Å². The third-order valence-corrected chi connectivity index (χ3v) is 7.14. The lowest BCUT2D eigenvalue weighted by molar-refractivity contribution is -0.144. The molecule has 2 unspecified atom stereocenters. The highest BCUT2D eigenvalue weighted by atomic mass is 16.6. The summed E-state index contributed by atoms with van der Waals surface area (Å²) in [5, 5.41) is 0. The maximum absolute atomic E-state index is 12.3. The van der Waals surface area contributed by atoms with Crippen molar-refractivity contribution in [3.05, 3.63) is 59.7 Å². The van der Waals surface area contributed by atoms with Crippen molar-refractivity contribution in [2.24, 2.45) is 5.92 Å². The molecule has 33 heavy (non-hydrogen) atoms. The number of esters is 1. The van der Waals surface area contributed by atoms with Gasteiger partial charge in [0.2, 0.25) is 0 Å². The van der Waals surface area contributed by atoms with Crippen molar-refractivity contribution in [1.29, 1.82) is 0 Å². The van der Waals surface area contributed by atoms with Gasteiger partial charge in [-0.15, -0.1) is 0 Å². The smallest absolute Gasteiger partial charge is 0.309 e. The second kappa shape index (κ2) is 14.2. The summed E-state index contributed by atoms with van der Waals surface area (Å²) in [5.74, 6) is 0.0817. The number of aryl methyl sites for hydroxylation is 1. The van der Waals surface area contributed by atoms with Crippen molar-refractivity contribution in [2.75, 3.05) is 0 Å². The van der Waals surface area contributed by atoms with Gasteiger partial charge >= 0.3 is 5.97 Å². The van der Waals surface area contributed by atoms with Gasteiger partial charge in [0, 0.05) is 6.42 Å². The molecule has 3 rings (SSSR count). The summed E-state index contributed by atoms with van der Waals surface area (Å²) in [6.45, 7) is 4.51. The van der Waals surface area contributed by atoms with E-state index in [1.807, 2.05) is 0 Å². The second-order valence-corrected chi connectivity index (χ2v) is 9.90. The molecule has 180 valence electrons. The SMILES string of the molecule is CCCCCCCCC1CC(c2ccc(-c3ccc(CCCCCCC)cc3)cc2)OC1=O. The predicted octanol–water partition coefficient (Wildman–Crippen LogP) is 9.22. The minimum atomic E-state index is -0.0771. The Morgan fingerprint density at radius 3 is 1.88 bits per heavy atom. The van der Waals surface area contributed by atoms with E-state index < -0.39 is 0 Å². The van der Waals surface area contributed by atoms with Crippen molar-refractivity contribution in [1.82, 2.24) is 0 Å². The zero-order valence-electron chi connectivity index (χ0n) is 21.0. The van der Waals surface area contributed by atoms with Gasteiger partial charge in [-0.2, -0.15) is 0 Å². The van der Waals surface area contributed by atoms with Crippen LogP contribution in [0, 0.1) is 5.92 Å². The van der Waals surface area contributed by atoms with E-state index in [0.29, 0.717) is 0 Å². The van der Waals surface area contributed by atoms with E-state index in [0.717, 1.165) is 24.8 Å². The van der Waals surface area contributed by atoms with E-state index in [4.69, 9.17) is 4.74 Å². The summed E-state index contributed by atoms with van der Waals surface area (Å²) in [7, 11) is 0. The molecular formula is C31H44O2. The molecule has 0 radical (unpaired) electrons. The molecule has 1 aliphatic rings. The molecule has 0 N–H and O–H groups in total. The summed E-state index contributed by atoms with van der Waals surface area (Å²) < 4.78 is 5.74. The van der Waals surface area contributed by atoms with Gasteiger partial charge in [0.15, 0.2) is 0 Å². The fourth-order valence-corrected chi connectivity index (χ4v) is 4.94. The first kappa shape index (κ1) is 25.5. The largest absolute Gasteiger partial charge is 0.457 e. The Balaban J connectivity index is 1.45. The van der Waals surface area contributed by atoms with Crippen LogP contribution >= 0.6 is 0 Å². The molecule has 2 atom stereocenters. The van der Waals surface area contributed by atoms with E-state index in [1.165, 1.54) is 87.3 Å². The molecule has 0 saturated carbocycles. The number of cyclic esters (lactones) is 1. The van der Waals surface area contributed by atoms with Gasteiger partial charge in [-0.3, -0.25) is 4.79 Å². The number of unbranched alkanes of at least 4 members (excludes halogenated alkanes) is 9. The van der Waals surface area contributed by atoms with Gasteiger partial charge in [0.1, 0.15) is 6.10 Å². The number of hydrogen-bond acceptors (Lipinski definition) is 2. The van der Waals surface area contributed by atoms with E-state index in [9.17, 15) is 4.79 Å². The van der Waals surface area contributed by atoms with Crippen LogP contribution in [0.15, 0.2) is 48.5 Å². The van der Waals surface area contributed by atoms with Crippen molar-refractivity contribution >= 4 is 5.97 Å². The molecule has 1 fully saturated rings. The predicted molar refractivity (Wildman–Crippen MR) is 139 cm³/mol. The highest BCUT2D eigenvalue weighted by molar-refractivity contribution is 5.75. The molecule has 2 heteroatoms. The molecule has 2 aromatic rings. The van der Waals surface area contributed by atoms with Crippen LogP contribution < -0.4 is 0 Å². The van der Waals surface area contributed by atoms with Gasteiger partial charge in [-0.1, -0.05) is 127 Å². The molecule has 2 aromatic carbocycles. The van der Waals surface area contributed by atoms with Gasteiger partial charge < -0.3 is 4.74 Å². The summed E-state index contributed by atoms with van der Waals surface area (Å²) >= 11 is 0. The van der Waals surface area contributed by atoms with Crippen molar-refractivity contribution < 1.29 is 9.53 Å². The Labute approximate surface area is 202 Å². The Hall–Kier alpha value is -2.09. The molecular weight excluding hydrogens is 404 g/mol. The minimum Gasteiger partial charge on any atom is -0.457 e. The third kappa shape index (κ3) is 8.32. The number of rotatable bonds is 15. The normalized spacial score (nSPS) is 17.9. The molecule has 1 aliphatic heterocycles. The average Bonchev–Trinajstić information content (AvgIpc) is 3.22. The zero-order valence-corrected chi connectivity index (χ0v) is 21.0. The summed E-state index contributed by atoms with van der Waals surface area (Å²) in [6, 6.07) is 17.6. The minimum absolute atomic E-state index is 0.00270. The number of benzene rings is 2. The molecule has 1 saturated heterocycles. The van der Waals surface area contributed by atoms with E-state index in [-0.39, 0.29) is 18.0 Å².